The Morgan fingerprint density at radius 2 is 1.31 bits per heavy atom. The van der Waals surface area contributed by atoms with Gasteiger partial charge in [-0.3, -0.25) is 5.32 Å². The number of isothiocyanates is 1. The quantitative estimate of drug-likeness (QED) is 0.0797. The van der Waals surface area contributed by atoms with Gasteiger partial charge in [0.1, 0.15) is 0 Å². The van der Waals surface area contributed by atoms with Crippen molar-refractivity contribution in [3.63, 3.8) is 0 Å². The molecule has 18 heteroatoms. The summed E-state index contributed by atoms with van der Waals surface area (Å²) in [4.78, 5) is 3.72. The zero-order chi connectivity index (χ0) is 26.8. The SMILES string of the molecule is C[O-].N#CN.N#CNC(=S)Nc1ccc(S(N)(=O)=O)cc1.NS(=O)(=O)c1ccc(N=C=S)cc1.[Na+]. The van der Waals surface area contributed by atoms with Crippen LogP contribution in [0.3, 0.4) is 0 Å². The predicted octanol–water partition coefficient (Wildman–Crippen LogP) is -3.42. The van der Waals surface area contributed by atoms with Gasteiger partial charge >= 0.3 is 29.6 Å². The first kappa shape index (κ1) is 37.0. The molecular weight excluding hydrogens is 547 g/mol. The Hall–Kier alpha value is -2.51. The summed E-state index contributed by atoms with van der Waals surface area (Å²) in [6.07, 6.45) is 2.90. The second-order valence-electron chi connectivity index (χ2n) is 5.13. The van der Waals surface area contributed by atoms with Gasteiger partial charge in [-0.15, -0.1) is 0 Å². The molecule has 0 unspecified atom stereocenters. The molecule has 0 atom stereocenters. The number of nitrogens with two attached hydrogens (primary N) is 3. The minimum absolute atomic E-state index is 0. The van der Waals surface area contributed by atoms with Crippen molar-refractivity contribution in [2.24, 2.45) is 21.0 Å². The van der Waals surface area contributed by atoms with E-state index in [1.165, 1.54) is 54.7 Å². The molecule has 0 fully saturated rings. The normalized spacial score (nSPS) is 8.97. The summed E-state index contributed by atoms with van der Waals surface area (Å²) < 4.78 is 43.5. The van der Waals surface area contributed by atoms with Crippen molar-refractivity contribution in [3.8, 4) is 12.4 Å². The van der Waals surface area contributed by atoms with Gasteiger partial charge in [-0.05, 0) is 73.0 Å². The van der Waals surface area contributed by atoms with Gasteiger partial charge in [-0.2, -0.15) is 22.6 Å². The van der Waals surface area contributed by atoms with Crippen LogP contribution in [0.2, 0.25) is 0 Å². The van der Waals surface area contributed by atoms with Gasteiger partial charge in [0.25, 0.3) is 0 Å². The average molecular weight is 567 g/mol. The summed E-state index contributed by atoms with van der Waals surface area (Å²) in [6, 6.07) is 11.4. The Labute approximate surface area is 236 Å². The summed E-state index contributed by atoms with van der Waals surface area (Å²) in [5, 5.41) is 40.6. The van der Waals surface area contributed by atoms with E-state index in [0.29, 0.717) is 11.4 Å². The molecular formula is C17H19N8NaO5S4. The third-order valence-electron chi connectivity index (χ3n) is 2.95. The van der Waals surface area contributed by atoms with E-state index in [9.17, 15) is 16.8 Å². The Morgan fingerprint density at radius 3 is 1.63 bits per heavy atom. The van der Waals surface area contributed by atoms with Crippen LogP contribution >= 0.6 is 24.4 Å². The van der Waals surface area contributed by atoms with Crippen LogP contribution in [0.4, 0.5) is 11.4 Å². The zero-order valence-corrected chi connectivity index (χ0v) is 23.6. The van der Waals surface area contributed by atoms with E-state index in [1.54, 1.807) is 6.19 Å². The van der Waals surface area contributed by atoms with Crippen LogP contribution in [0.1, 0.15) is 0 Å². The molecule has 0 saturated heterocycles. The fourth-order valence-electron chi connectivity index (χ4n) is 1.70. The first-order valence-electron chi connectivity index (χ1n) is 8.19. The molecule has 0 saturated carbocycles. The maximum Gasteiger partial charge on any atom is 1.00 e. The largest absolute Gasteiger partial charge is 1.00 e. The van der Waals surface area contributed by atoms with Gasteiger partial charge in [0.05, 0.1) is 20.6 Å². The second kappa shape index (κ2) is 19.8. The number of aliphatic imine (C=N–C) groups is 1. The van der Waals surface area contributed by atoms with E-state index in [0.717, 1.165) is 7.11 Å². The van der Waals surface area contributed by atoms with E-state index >= 15 is 0 Å². The Kier molecular flexibility index (Phi) is 20.9. The summed E-state index contributed by atoms with van der Waals surface area (Å²) in [6.45, 7) is 0. The second-order valence-corrected chi connectivity index (χ2v) is 8.85. The van der Waals surface area contributed by atoms with E-state index in [-0.39, 0.29) is 44.5 Å². The van der Waals surface area contributed by atoms with E-state index in [1.807, 2.05) is 0 Å². The molecule has 2 aromatic carbocycles. The van der Waals surface area contributed by atoms with Crippen LogP contribution in [0.15, 0.2) is 63.3 Å². The maximum atomic E-state index is 10.9. The topological polar surface area (TPSA) is 253 Å². The van der Waals surface area contributed by atoms with Crippen LogP contribution in [0, 0.1) is 22.9 Å². The van der Waals surface area contributed by atoms with Gasteiger partial charge < -0.3 is 16.2 Å². The number of thiocarbonyl (C=S) groups is 2. The zero-order valence-electron chi connectivity index (χ0n) is 18.4. The van der Waals surface area contributed by atoms with Gasteiger partial charge in [0.15, 0.2) is 17.5 Å². The van der Waals surface area contributed by atoms with E-state index in [2.05, 4.69) is 38.7 Å². The fraction of sp³-hybridized carbons (Fsp3) is 0.0588. The molecule has 2 rings (SSSR count). The summed E-state index contributed by atoms with van der Waals surface area (Å²) >= 11 is 9.13. The maximum absolute atomic E-state index is 10.9. The van der Waals surface area contributed by atoms with Gasteiger partial charge in [-0.1, -0.05) is 0 Å². The standard InChI is InChI=1S/C8H8N4O2S2.C7H6N2O2S2.CH2N2.CH3O.Na/c9-5-11-8(15)12-6-1-3-7(4-2-6)16(10,13)14;8-13(10,11)7-3-1-6(2-4-7)9-5-12;2-1-3;1-2;/h1-4H,(H2,10,13,14)(H2,11,12,15);1-4H,(H2,8,10,11);2H2;1H3;/q;;;-1;+1. The van der Waals surface area contributed by atoms with Crippen molar-refractivity contribution in [3.05, 3.63) is 48.5 Å². The molecule has 0 aliphatic carbocycles. The molecule has 0 aliphatic rings. The number of sulfonamides is 2. The number of nitrogens with zero attached hydrogens (tertiary/aromatic N) is 3. The molecule has 13 nitrogen and oxygen atoms in total. The number of hydrogen-bond acceptors (Lipinski definition) is 11. The van der Waals surface area contributed by atoms with E-state index < -0.39 is 20.0 Å². The predicted molar refractivity (Wildman–Crippen MR) is 131 cm³/mol. The monoisotopic (exact) mass is 566 g/mol. The van der Waals surface area contributed by atoms with Crippen molar-refractivity contribution in [1.82, 2.24) is 5.32 Å². The third kappa shape index (κ3) is 17.6. The van der Waals surface area contributed by atoms with Gasteiger partial charge in [0, 0.05) is 5.69 Å². The fourth-order valence-corrected chi connectivity index (χ4v) is 3.00. The molecule has 0 aromatic heterocycles. The number of nitriles is 2. The van der Waals surface area contributed by atoms with E-state index in [4.69, 9.17) is 38.1 Å². The number of primary sulfonamides is 2. The Balaban J connectivity index is -0.000000488. The number of hydrogen-bond donors (Lipinski definition) is 5. The molecule has 0 aliphatic heterocycles. The van der Waals surface area contributed by atoms with Crippen LogP contribution in [-0.4, -0.2) is 34.2 Å². The first-order valence-corrected chi connectivity index (χ1v) is 12.1. The molecule has 0 spiro atoms. The number of anilines is 1. The minimum Gasteiger partial charge on any atom is -0.857 e. The van der Waals surface area contributed by atoms with Crippen LogP contribution in [0.25, 0.3) is 0 Å². The van der Waals surface area contributed by atoms with Crippen molar-refractivity contribution in [2.45, 2.75) is 9.79 Å². The summed E-state index contributed by atoms with van der Waals surface area (Å²) in [5.41, 5.74) is 5.25. The van der Waals surface area contributed by atoms with Gasteiger partial charge in [0.2, 0.25) is 20.0 Å². The average Bonchev–Trinajstić information content (AvgIpc) is 2.76. The Bertz CT molecular complexity index is 1270. The van der Waals surface area contributed by atoms with Crippen LogP contribution in [-0.2, 0) is 20.0 Å². The summed E-state index contributed by atoms with van der Waals surface area (Å²) in [5.74, 6) is 0. The smallest absolute Gasteiger partial charge is 0.857 e. The number of rotatable bonds is 4. The third-order valence-corrected chi connectivity index (χ3v) is 5.10. The molecule has 35 heavy (non-hydrogen) atoms. The molecule has 0 heterocycles. The van der Waals surface area contributed by atoms with Crippen LogP contribution in [0.5, 0.6) is 0 Å². The molecule has 0 radical (unpaired) electrons. The van der Waals surface area contributed by atoms with Crippen molar-refractivity contribution in [1.29, 1.82) is 10.5 Å². The number of benzene rings is 2. The van der Waals surface area contributed by atoms with Crippen LogP contribution < -0.4 is 61.3 Å². The van der Waals surface area contributed by atoms with Crippen molar-refractivity contribution >= 4 is 66.1 Å². The molecule has 182 valence electrons. The number of nitrogens with one attached hydrogen (secondary N) is 2. The molecule has 0 bridgehead atoms. The first-order chi connectivity index (χ1) is 15.9. The van der Waals surface area contributed by atoms with Gasteiger partial charge in [-0.25, -0.2) is 27.1 Å². The summed E-state index contributed by atoms with van der Waals surface area (Å²) in [7, 11) is -6.56. The minimum atomic E-state index is -3.69. The Morgan fingerprint density at radius 1 is 0.943 bits per heavy atom. The van der Waals surface area contributed by atoms with Crippen molar-refractivity contribution in [2.75, 3.05) is 12.4 Å². The molecule has 8 N–H and O–H groups in total. The van der Waals surface area contributed by atoms with Crippen molar-refractivity contribution < 1.29 is 51.5 Å². The molecule has 2 aromatic rings. The molecule has 0 amide bonds.